The van der Waals surface area contributed by atoms with Crippen LogP contribution in [0, 0.1) is 0 Å². The number of benzene rings is 10. The van der Waals surface area contributed by atoms with Gasteiger partial charge in [-0.3, -0.25) is 4.99 Å². The van der Waals surface area contributed by atoms with Crippen LogP contribution < -0.4 is 5.73 Å². The molecule has 10 aromatic carbocycles. The molecule has 0 saturated carbocycles. The predicted molar refractivity (Wildman–Crippen MR) is 256 cm³/mol. The monoisotopic (exact) mass is 781 g/mol. The number of furan rings is 1. The molecule has 61 heavy (non-hydrogen) atoms. The largest absolute Gasteiger partial charge is 0.456 e. The minimum absolute atomic E-state index is 0.411. The Bertz CT molecular complexity index is 3510. The van der Waals surface area contributed by atoms with Crippen molar-refractivity contribution in [3.63, 3.8) is 0 Å². The topological polar surface area (TPSA) is 63.9 Å². The molecule has 288 valence electrons. The molecular weight excluding hydrogens is 743 g/mol. The van der Waals surface area contributed by atoms with Crippen molar-refractivity contribution in [3.8, 4) is 33.4 Å². The molecule has 0 aliphatic heterocycles. The molecule has 2 N–H and O–H groups in total. The lowest BCUT2D eigenvalue weighted by Gasteiger charge is -2.10. The highest BCUT2D eigenvalue weighted by Crippen LogP contribution is 2.39. The summed E-state index contributed by atoms with van der Waals surface area (Å²) in [7, 11) is 0. The zero-order valence-corrected chi connectivity index (χ0v) is 33.3. The van der Waals surface area contributed by atoms with Crippen molar-refractivity contribution in [1.82, 2.24) is 0 Å². The molecule has 0 radical (unpaired) electrons. The van der Waals surface area contributed by atoms with E-state index in [1.165, 1.54) is 27.1 Å². The Hall–Kier alpha value is -8.08. The van der Waals surface area contributed by atoms with E-state index in [0.717, 1.165) is 77.2 Å². The molecule has 11 aromatic rings. The molecule has 4 heteroatoms. The van der Waals surface area contributed by atoms with Gasteiger partial charge in [-0.05, 0) is 114 Å². The fraction of sp³-hybridized carbons (Fsp3) is 0.0175. The standard InChI is InChI=1S/C57H39N3O/c58-56(60-57(59-36-37-9-2-1-3-10-37)41-21-17-40(18-22-41)44-23-19-38-11-4-6-13-42(38)31-44)50-28-26-46-33-49(27-25-47(46)34-50)51-15-8-16-53-55(51)52-30-29-48(35-54(52)61-53)45-24-20-39-12-5-7-14-43(39)32-45/h1-35H,36H2,(H2,58,59,60). The molecule has 0 atom stereocenters. The third kappa shape index (κ3) is 7.00. The maximum absolute atomic E-state index is 6.82. The lowest BCUT2D eigenvalue weighted by atomic mass is 9.95. The van der Waals surface area contributed by atoms with Crippen molar-refractivity contribution in [1.29, 1.82) is 0 Å². The van der Waals surface area contributed by atoms with Crippen LogP contribution in [0.4, 0.5) is 0 Å². The summed E-state index contributed by atoms with van der Waals surface area (Å²) in [4.78, 5) is 9.97. The van der Waals surface area contributed by atoms with Crippen LogP contribution in [0.2, 0.25) is 0 Å². The van der Waals surface area contributed by atoms with E-state index in [9.17, 15) is 0 Å². The third-order valence-electron chi connectivity index (χ3n) is 11.7. The molecule has 0 saturated heterocycles. The van der Waals surface area contributed by atoms with Gasteiger partial charge in [-0.1, -0.05) is 170 Å². The van der Waals surface area contributed by atoms with E-state index >= 15 is 0 Å². The van der Waals surface area contributed by atoms with Crippen LogP contribution in [0.25, 0.3) is 87.6 Å². The second-order valence-corrected chi connectivity index (χ2v) is 15.6. The minimum Gasteiger partial charge on any atom is -0.456 e. The van der Waals surface area contributed by atoms with E-state index in [0.29, 0.717) is 18.2 Å². The smallest absolute Gasteiger partial charge is 0.157 e. The quantitative estimate of drug-likeness (QED) is 0.129. The fourth-order valence-electron chi connectivity index (χ4n) is 8.49. The Morgan fingerprint density at radius 2 is 0.951 bits per heavy atom. The lowest BCUT2D eigenvalue weighted by molar-refractivity contribution is 0.669. The van der Waals surface area contributed by atoms with E-state index in [2.05, 4.69) is 188 Å². The Morgan fingerprint density at radius 1 is 0.410 bits per heavy atom. The molecule has 0 spiro atoms. The number of aliphatic imine (C=N–C) groups is 2. The predicted octanol–water partition coefficient (Wildman–Crippen LogP) is 14.4. The summed E-state index contributed by atoms with van der Waals surface area (Å²) in [6, 6.07) is 74.5. The van der Waals surface area contributed by atoms with E-state index in [1.54, 1.807) is 0 Å². The van der Waals surface area contributed by atoms with Gasteiger partial charge in [0.1, 0.15) is 17.0 Å². The highest BCUT2D eigenvalue weighted by atomic mass is 16.3. The molecule has 1 aromatic heterocycles. The van der Waals surface area contributed by atoms with Crippen LogP contribution in [0.15, 0.2) is 227 Å². The molecule has 0 aliphatic carbocycles. The van der Waals surface area contributed by atoms with Crippen LogP contribution in [-0.2, 0) is 6.54 Å². The molecule has 0 bridgehead atoms. The summed E-state index contributed by atoms with van der Waals surface area (Å²) in [6.07, 6.45) is 0. The Morgan fingerprint density at radius 3 is 1.70 bits per heavy atom. The molecule has 0 aliphatic rings. The van der Waals surface area contributed by atoms with Gasteiger partial charge in [0, 0.05) is 21.9 Å². The van der Waals surface area contributed by atoms with E-state index < -0.39 is 0 Å². The van der Waals surface area contributed by atoms with E-state index in [1.807, 2.05) is 24.3 Å². The number of hydrogen-bond acceptors (Lipinski definition) is 2. The second-order valence-electron chi connectivity index (χ2n) is 15.6. The van der Waals surface area contributed by atoms with Crippen LogP contribution in [0.1, 0.15) is 16.7 Å². The normalized spacial score (nSPS) is 12.3. The number of fused-ring (bicyclic) bond motifs is 6. The zero-order chi connectivity index (χ0) is 40.7. The highest BCUT2D eigenvalue weighted by molar-refractivity contribution is 6.14. The molecule has 4 nitrogen and oxygen atoms in total. The molecule has 0 unspecified atom stereocenters. The highest BCUT2D eigenvalue weighted by Gasteiger charge is 2.15. The second kappa shape index (κ2) is 15.3. The minimum atomic E-state index is 0.411. The average molecular weight is 782 g/mol. The third-order valence-corrected chi connectivity index (χ3v) is 11.7. The maximum Gasteiger partial charge on any atom is 0.157 e. The van der Waals surface area contributed by atoms with Crippen LogP contribution in [0.3, 0.4) is 0 Å². The van der Waals surface area contributed by atoms with Gasteiger partial charge in [-0.15, -0.1) is 0 Å². The van der Waals surface area contributed by atoms with Crippen LogP contribution in [-0.4, -0.2) is 11.7 Å². The molecule has 0 amide bonds. The van der Waals surface area contributed by atoms with Crippen molar-refractivity contribution < 1.29 is 4.42 Å². The number of nitrogens with two attached hydrogens (primary N) is 1. The number of hydrogen-bond donors (Lipinski definition) is 1. The van der Waals surface area contributed by atoms with Gasteiger partial charge < -0.3 is 10.2 Å². The Balaban J connectivity index is 0.903. The summed E-state index contributed by atoms with van der Waals surface area (Å²) in [5, 5.41) is 9.30. The fourth-order valence-corrected chi connectivity index (χ4v) is 8.49. The van der Waals surface area contributed by atoms with Gasteiger partial charge in [0.2, 0.25) is 0 Å². The SMILES string of the molecule is NC(=NC(=NCc1ccccc1)c1ccc(-c2ccc3ccccc3c2)cc1)c1ccc2cc(-c3cccc4oc5cc(-c6ccc7ccccc7c6)ccc5c34)ccc2c1. The van der Waals surface area contributed by atoms with E-state index in [-0.39, 0.29) is 0 Å². The first-order chi connectivity index (χ1) is 30.1. The molecule has 0 fully saturated rings. The van der Waals surface area contributed by atoms with Gasteiger partial charge in [-0.2, -0.15) is 0 Å². The molecule has 1 heterocycles. The van der Waals surface area contributed by atoms with Crippen LogP contribution >= 0.6 is 0 Å². The summed E-state index contributed by atoms with van der Waals surface area (Å²) < 4.78 is 6.50. The van der Waals surface area contributed by atoms with Crippen molar-refractivity contribution in [2.75, 3.05) is 0 Å². The first-order valence-corrected chi connectivity index (χ1v) is 20.6. The molecular formula is C57H39N3O. The van der Waals surface area contributed by atoms with Gasteiger partial charge >= 0.3 is 0 Å². The van der Waals surface area contributed by atoms with Gasteiger partial charge in [0.05, 0.1) is 6.54 Å². The zero-order valence-electron chi connectivity index (χ0n) is 33.3. The Kier molecular flexibility index (Phi) is 9.02. The number of nitrogens with zero attached hydrogens (tertiary/aromatic N) is 2. The summed E-state index contributed by atoms with van der Waals surface area (Å²) in [5.74, 6) is 1.00. The maximum atomic E-state index is 6.82. The van der Waals surface area contributed by atoms with Crippen LogP contribution in [0.5, 0.6) is 0 Å². The van der Waals surface area contributed by atoms with Crippen molar-refractivity contribution in [2.24, 2.45) is 15.7 Å². The first-order valence-electron chi connectivity index (χ1n) is 20.6. The number of amidine groups is 2. The van der Waals surface area contributed by atoms with Crippen molar-refractivity contribution in [2.45, 2.75) is 6.54 Å². The first kappa shape index (κ1) is 36.0. The van der Waals surface area contributed by atoms with E-state index in [4.69, 9.17) is 20.1 Å². The lowest BCUT2D eigenvalue weighted by Crippen LogP contribution is -2.16. The average Bonchev–Trinajstić information content (AvgIpc) is 3.71. The van der Waals surface area contributed by atoms with Crippen molar-refractivity contribution >= 4 is 65.9 Å². The van der Waals surface area contributed by atoms with Gasteiger partial charge in [0.25, 0.3) is 0 Å². The number of rotatable bonds is 7. The molecule has 11 rings (SSSR count). The van der Waals surface area contributed by atoms with Gasteiger partial charge in [-0.25, -0.2) is 4.99 Å². The summed E-state index contributed by atoms with van der Waals surface area (Å²) in [6.45, 7) is 0.490. The van der Waals surface area contributed by atoms with Gasteiger partial charge in [0.15, 0.2) is 5.84 Å². The summed E-state index contributed by atoms with van der Waals surface area (Å²) in [5.41, 5.74) is 18.3. The summed E-state index contributed by atoms with van der Waals surface area (Å²) >= 11 is 0. The van der Waals surface area contributed by atoms with Crippen molar-refractivity contribution in [3.05, 3.63) is 229 Å². The Labute approximate surface area is 353 Å².